The highest BCUT2D eigenvalue weighted by molar-refractivity contribution is 6.23. The molecule has 0 radical (unpaired) electrons. The van der Waals surface area contributed by atoms with Crippen LogP contribution in [0.5, 0.6) is 0 Å². The maximum absolute atomic E-state index is 9.61. The maximum atomic E-state index is 9.61. The smallest absolute Gasteiger partial charge is 0.192 e. The zero-order valence-electron chi connectivity index (χ0n) is 3.82. The summed E-state index contributed by atoms with van der Waals surface area (Å²) in [4.78, 5) is 19.1. The Balaban J connectivity index is 3.57. The van der Waals surface area contributed by atoms with Crippen molar-refractivity contribution in [3.05, 3.63) is 0 Å². The summed E-state index contributed by atoms with van der Waals surface area (Å²) in [5.74, 6) is -0.713. The van der Waals surface area contributed by atoms with Gasteiger partial charge >= 0.3 is 0 Å². The Morgan fingerprint density at radius 3 is 2.40 bits per heavy atom. The van der Waals surface area contributed by atoms with Crippen LogP contribution in [0.2, 0.25) is 0 Å². The lowest BCUT2D eigenvalue weighted by Gasteiger charge is -1.57. The molecule has 0 rings (SSSR count). The molecular formula is C3H4O2. The average Bonchev–Trinajstić information content (AvgIpc) is 1.36. The summed E-state index contributed by atoms with van der Waals surface area (Å²) in [6.45, 7) is 1.06. The molecule has 0 amide bonds. The number of rotatable bonds is 1. The van der Waals surface area contributed by atoms with E-state index in [0.29, 0.717) is 0 Å². The monoisotopic (exact) mass is 73.0 g/mol. The second kappa shape index (κ2) is 1.64. The predicted octanol–water partition coefficient (Wildman–Crippen LogP) is -0.226. The van der Waals surface area contributed by atoms with Gasteiger partial charge in [0.2, 0.25) is 0 Å². The van der Waals surface area contributed by atoms with Crippen molar-refractivity contribution in [1.29, 1.82) is 0 Å². The highest BCUT2D eigenvalue weighted by Crippen LogP contribution is 1.48. The molecule has 0 aliphatic carbocycles. The summed E-state index contributed by atoms with van der Waals surface area (Å²) < 4.78 is 6.04. The predicted molar refractivity (Wildman–Crippen MR) is 16.7 cm³/mol. The van der Waals surface area contributed by atoms with Gasteiger partial charge in [-0.25, -0.2) is 0 Å². The normalized spacial score (nSPS) is 9.40. The number of aldehydes is 1. The van der Waals surface area contributed by atoms with E-state index in [0.717, 1.165) is 6.92 Å². The molecule has 0 bridgehead atoms. The van der Waals surface area contributed by atoms with Gasteiger partial charge in [-0.15, -0.1) is 0 Å². The molecular weight excluding hydrogens is 68.0 g/mol. The van der Waals surface area contributed by atoms with Crippen molar-refractivity contribution in [3.63, 3.8) is 0 Å². The molecule has 0 saturated heterocycles. The third-order valence-corrected chi connectivity index (χ3v) is 0.144. The SMILES string of the molecule is [2H]C(=O)C(C)=O. The second-order valence-electron chi connectivity index (χ2n) is 0.658. The fourth-order valence-electron chi connectivity index (χ4n) is 0. The molecule has 0 heterocycles. The van der Waals surface area contributed by atoms with E-state index < -0.39 is 12.0 Å². The lowest BCUT2D eigenvalue weighted by molar-refractivity contribution is -0.128. The topological polar surface area (TPSA) is 34.1 Å². The molecule has 0 aromatic heterocycles. The van der Waals surface area contributed by atoms with Crippen LogP contribution in [0.3, 0.4) is 0 Å². The lowest BCUT2D eigenvalue weighted by atomic mass is 10.5. The molecule has 5 heavy (non-hydrogen) atoms. The van der Waals surface area contributed by atoms with Gasteiger partial charge in [0, 0.05) is 6.92 Å². The third kappa shape index (κ3) is 3.34. The molecule has 0 aromatic carbocycles. The highest BCUT2D eigenvalue weighted by atomic mass is 16.2. The highest BCUT2D eigenvalue weighted by Gasteiger charge is 1.76. The lowest BCUT2D eigenvalue weighted by Crippen LogP contribution is -1.85. The van der Waals surface area contributed by atoms with Crippen molar-refractivity contribution < 1.29 is 11.0 Å². The minimum absolute atomic E-state index is 0.713. The van der Waals surface area contributed by atoms with Crippen LogP contribution >= 0.6 is 0 Å². The number of hydrogen-bond acceptors (Lipinski definition) is 2. The van der Waals surface area contributed by atoms with Crippen molar-refractivity contribution in [1.82, 2.24) is 0 Å². The van der Waals surface area contributed by atoms with Crippen LogP contribution in [-0.2, 0) is 9.59 Å². The standard InChI is InChI=1S/C3H4O2/c1-3(5)2-4/h2H,1H3/i2D. The van der Waals surface area contributed by atoms with Crippen molar-refractivity contribution in [2.45, 2.75) is 6.92 Å². The summed E-state index contributed by atoms with van der Waals surface area (Å²) >= 11 is 0. The van der Waals surface area contributed by atoms with Crippen LogP contribution in [0.1, 0.15) is 8.29 Å². The molecule has 2 nitrogen and oxygen atoms in total. The van der Waals surface area contributed by atoms with Crippen LogP contribution in [0.25, 0.3) is 0 Å². The molecule has 0 N–H and O–H groups in total. The van der Waals surface area contributed by atoms with Gasteiger partial charge in [-0.2, -0.15) is 0 Å². The number of Topliss-reactive ketones (excluding diaryl/α,β-unsaturated/α-hetero) is 1. The fourth-order valence-corrected chi connectivity index (χ4v) is 0. The van der Waals surface area contributed by atoms with Crippen molar-refractivity contribution >= 4 is 12.0 Å². The van der Waals surface area contributed by atoms with Crippen LogP contribution in [-0.4, -0.2) is 12.0 Å². The molecule has 28 valence electrons. The van der Waals surface area contributed by atoms with Crippen LogP contribution in [0.15, 0.2) is 0 Å². The van der Waals surface area contributed by atoms with Crippen LogP contribution in [0, 0.1) is 0 Å². The molecule has 0 fully saturated rings. The van der Waals surface area contributed by atoms with E-state index in [2.05, 4.69) is 0 Å². The summed E-state index contributed by atoms with van der Waals surface area (Å²) in [6.07, 6.45) is -1.13. The molecule has 0 spiro atoms. The second-order valence-corrected chi connectivity index (χ2v) is 0.658. The Morgan fingerprint density at radius 2 is 2.40 bits per heavy atom. The average molecular weight is 73.1 g/mol. The van der Waals surface area contributed by atoms with E-state index in [-0.39, 0.29) is 0 Å². The summed E-state index contributed by atoms with van der Waals surface area (Å²) in [6, 6.07) is 0. The molecule has 2 heteroatoms. The third-order valence-electron chi connectivity index (χ3n) is 0.144. The molecule has 0 aliphatic heterocycles. The van der Waals surface area contributed by atoms with E-state index in [9.17, 15) is 9.59 Å². The van der Waals surface area contributed by atoms with E-state index in [1.165, 1.54) is 0 Å². The summed E-state index contributed by atoms with van der Waals surface area (Å²) in [5.41, 5.74) is 0. The van der Waals surface area contributed by atoms with Crippen molar-refractivity contribution in [3.8, 4) is 0 Å². The van der Waals surface area contributed by atoms with Gasteiger partial charge in [0.1, 0.15) is 1.37 Å². The first-order valence-electron chi connectivity index (χ1n) is 1.66. The first kappa shape index (κ1) is 2.57. The number of hydrogen-bond donors (Lipinski definition) is 0. The van der Waals surface area contributed by atoms with Gasteiger partial charge in [-0.3, -0.25) is 9.59 Å². The van der Waals surface area contributed by atoms with Crippen molar-refractivity contribution in [2.75, 3.05) is 0 Å². The van der Waals surface area contributed by atoms with Gasteiger partial charge < -0.3 is 0 Å². The Bertz CT molecular complexity index is 74.8. The summed E-state index contributed by atoms with van der Waals surface area (Å²) in [7, 11) is 0. The zero-order chi connectivity index (χ0) is 5.15. The Hall–Kier alpha value is -0.660. The number of carbonyl (C=O) groups excluding carboxylic acids is 2. The first-order valence-corrected chi connectivity index (χ1v) is 1.16. The van der Waals surface area contributed by atoms with E-state index in [4.69, 9.17) is 1.37 Å². The van der Waals surface area contributed by atoms with Gasteiger partial charge in [0.15, 0.2) is 12.0 Å². The Labute approximate surface area is 31.2 Å². The largest absolute Gasteiger partial charge is 0.295 e. The number of carbonyl (C=O) groups is 2. The molecule has 0 saturated carbocycles. The Morgan fingerprint density at radius 1 is 2.20 bits per heavy atom. The minimum atomic E-state index is -1.13. The fraction of sp³-hybridized carbons (Fsp3) is 0.333. The summed E-state index contributed by atoms with van der Waals surface area (Å²) in [5, 5.41) is 0. The van der Waals surface area contributed by atoms with Crippen LogP contribution < -0.4 is 0 Å². The molecule has 0 unspecified atom stereocenters. The van der Waals surface area contributed by atoms with Crippen molar-refractivity contribution in [2.24, 2.45) is 0 Å². The minimum Gasteiger partial charge on any atom is -0.295 e. The van der Waals surface area contributed by atoms with E-state index >= 15 is 0 Å². The maximum Gasteiger partial charge on any atom is 0.192 e. The zero-order valence-corrected chi connectivity index (χ0v) is 2.82. The Kier molecular flexibility index (Phi) is 0.843. The number of ketones is 1. The first-order chi connectivity index (χ1) is 2.64. The van der Waals surface area contributed by atoms with Crippen LogP contribution in [0.4, 0.5) is 0 Å². The van der Waals surface area contributed by atoms with Gasteiger partial charge in [-0.05, 0) is 0 Å². The molecule has 0 aromatic rings. The van der Waals surface area contributed by atoms with Gasteiger partial charge in [0.25, 0.3) is 0 Å². The molecule has 0 atom stereocenters. The quantitative estimate of drug-likeness (QED) is 0.317. The molecule has 0 aliphatic rings. The van der Waals surface area contributed by atoms with E-state index in [1.54, 1.807) is 0 Å². The van der Waals surface area contributed by atoms with Gasteiger partial charge in [0.05, 0.1) is 0 Å². The van der Waals surface area contributed by atoms with Gasteiger partial charge in [-0.1, -0.05) is 0 Å². The van der Waals surface area contributed by atoms with E-state index in [1.807, 2.05) is 0 Å².